The minimum Gasteiger partial charge on any atom is -0.378 e. The maximum atomic E-state index is 5.04. The van der Waals surface area contributed by atoms with Crippen LogP contribution in [0.25, 0.3) is 48.5 Å². The number of aryl methyl sites for hydroxylation is 1. The van der Waals surface area contributed by atoms with Crippen LogP contribution in [0.1, 0.15) is 13.8 Å². The zero-order valence-corrected chi connectivity index (χ0v) is 27.7. The van der Waals surface area contributed by atoms with Crippen LogP contribution in [0, 0.1) is 0 Å². The highest BCUT2D eigenvalue weighted by molar-refractivity contribution is 7.21. The maximum Gasteiger partial charge on any atom is 0.269 e. The van der Waals surface area contributed by atoms with E-state index in [-0.39, 0.29) is 0 Å². The molecule has 0 aliphatic carbocycles. The van der Waals surface area contributed by atoms with Crippen molar-refractivity contribution in [2.45, 2.75) is 13.8 Å². The number of benzene rings is 5. The minimum atomic E-state index is 0.775. The average molecular weight is 624 g/mol. The van der Waals surface area contributed by atoms with Gasteiger partial charge in [-0.3, -0.25) is 0 Å². The Bertz CT molecular complexity index is 2220. The molecule has 0 spiro atoms. The van der Waals surface area contributed by atoms with E-state index < -0.39 is 0 Å². The summed E-state index contributed by atoms with van der Waals surface area (Å²) >= 11 is 1.77. The van der Waals surface area contributed by atoms with E-state index in [1.807, 2.05) is 24.3 Å². The van der Waals surface area contributed by atoms with Gasteiger partial charge in [0, 0.05) is 68.9 Å². The molecule has 0 saturated carbocycles. The Balaban J connectivity index is 1.28. The molecule has 0 bridgehead atoms. The second-order valence-corrected chi connectivity index (χ2v) is 12.6. The van der Waals surface area contributed by atoms with Gasteiger partial charge < -0.3 is 9.80 Å². The zero-order chi connectivity index (χ0) is 31.8. The first-order chi connectivity index (χ1) is 22.4. The fourth-order valence-electron chi connectivity index (χ4n) is 6.01. The topological polar surface area (TPSA) is 51.9 Å². The van der Waals surface area contributed by atoms with Crippen LogP contribution in [-0.4, -0.2) is 32.2 Å². The Morgan fingerprint density at radius 3 is 2.00 bits per heavy atom. The quantitative estimate of drug-likeness (QED) is 0.0967. The maximum absolute atomic E-state index is 5.04. The standard InChI is InChI=1S/C38H37N7S/c1-6-44(7-2)31-19-21-33-36(25-31)45(30-11-9-8-10-12-30)35-23-27(15-20-32(35)39-33)40-41-28-16-22-34-37(24-28)46-38(43(34)5)26-13-17-29(18-14-26)42(3)4/h8-25H,6-7H2,1-5H3/q+2. The summed E-state index contributed by atoms with van der Waals surface area (Å²) in [5.41, 5.74) is 11.3. The third-order valence-electron chi connectivity index (χ3n) is 8.51. The molecule has 0 saturated heterocycles. The van der Waals surface area contributed by atoms with E-state index >= 15 is 0 Å². The first kappa shape index (κ1) is 29.5. The van der Waals surface area contributed by atoms with Crippen LogP contribution in [0.2, 0.25) is 0 Å². The van der Waals surface area contributed by atoms with Crippen molar-refractivity contribution < 1.29 is 9.13 Å². The molecular formula is C38H37N7S+2. The van der Waals surface area contributed by atoms with Gasteiger partial charge in [-0.05, 0) is 74.5 Å². The number of nitrogens with zero attached hydrogens (tertiary/aromatic N) is 7. The first-order valence-corrected chi connectivity index (χ1v) is 16.5. The fourth-order valence-corrected chi connectivity index (χ4v) is 7.20. The Kier molecular flexibility index (Phi) is 7.88. The summed E-state index contributed by atoms with van der Waals surface area (Å²) in [6.07, 6.45) is 0. The molecule has 228 valence electrons. The van der Waals surface area contributed by atoms with Crippen LogP contribution < -0.4 is 18.9 Å². The zero-order valence-electron chi connectivity index (χ0n) is 26.8. The van der Waals surface area contributed by atoms with E-state index in [2.05, 4.69) is 144 Å². The predicted octanol–water partition coefficient (Wildman–Crippen LogP) is 8.70. The highest BCUT2D eigenvalue weighted by Crippen LogP contribution is 2.33. The summed E-state index contributed by atoms with van der Waals surface area (Å²) < 4.78 is 5.71. The van der Waals surface area contributed by atoms with Gasteiger partial charge in [0.1, 0.15) is 22.8 Å². The van der Waals surface area contributed by atoms with E-state index in [0.717, 1.165) is 52.2 Å². The third kappa shape index (κ3) is 5.45. The van der Waals surface area contributed by atoms with Crippen molar-refractivity contribution in [2.75, 3.05) is 37.0 Å². The Labute approximate surface area is 273 Å². The lowest BCUT2D eigenvalue weighted by Gasteiger charge is -2.20. The van der Waals surface area contributed by atoms with Crippen molar-refractivity contribution in [3.63, 3.8) is 0 Å². The molecule has 0 radical (unpaired) electrons. The van der Waals surface area contributed by atoms with Crippen LogP contribution >= 0.6 is 11.3 Å². The van der Waals surface area contributed by atoms with E-state index in [4.69, 9.17) is 10.1 Å². The van der Waals surface area contributed by atoms with Gasteiger partial charge in [0.2, 0.25) is 22.2 Å². The van der Waals surface area contributed by atoms with Gasteiger partial charge in [0.05, 0.1) is 16.9 Å². The molecular weight excluding hydrogens is 587 g/mol. The molecule has 0 unspecified atom stereocenters. The number of anilines is 2. The molecule has 7 nitrogen and oxygen atoms in total. The number of rotatable bonds is 8. The highest BCUT2D eigenvalue weighted by Gasteiger charge is 2.22. The lowest BCUT2D eigenvalue weighted by atomic mass is 10.1. The van der Waals surface area contributed by atoms with Crippen molar-refractivity contribution in [3.8, 4) is 16.3 Å². The molecule has 0 fully saturated rings. The van der Waals surface area contributed by atoms with Gasteiger partial charge in [0.25, 0.3) is 5.01 Å². The monoisotopic (exact) mass is 623 g/mol. The predicted molar refractivity (Wildman–Crippen MR) is 191 cm³/mol. The molecule has 0 amide bonds. The molecule has 0 N–H and O–H groups in total. The Morgan fingerprint density at radius 2 is 1.30 bits per heavy atom. The van der Waals surface area contributed by atoms with Crippen molar-refractivity contribution >= 4 is 66.4 Å². The second kappa shape index (κ2) is 12.3. The third-order valence-corrected chi connectivity index (χ3v) is 9.76. The molecule has 7 rings (SSSR count). The molecule has 0 aliphatic heterocycles. The number of para-hydroxylation sites is 1. The van der Waals surface area contributed by atoms with Gasteiger partial charge in [0.15, 0.2) is 0 Å². The molecule has 2 aromatic heterocycles. The molecule has 5 aromatic carbocycles. The van der Waals surface area contributed by atoms with Crippen LogP contribution in [0.5, 0.6) is 0 Å². The van der Waals surface area contributed by atoms with Crippen molar-refractivity contribution in [2.24, 2.45) is 17.3 Å². The number of hydrogen-bond acceptors (Lipinski definition) is 6. The summed E-state index contributed by atoms with van der Waals surface area (Å²) in [5.74, 6) is 0. The van der Waals surface area contributed by atoms with E-state index in [9.17, 15) is 0 Å². The molecule has 46 heavy (non-hydrogen) atoms. The summed E-state index contributed by atoms with van der Waals surface area (Å²) in [7, 11) is 6.24. The average Bonchev–Trinajstić information content (AvgIpc) is 3.42. The largest absolute Gasteiger partial charge is 0.378 e. The smallest absolute Gasteiger partial charge is 0.269 e. The van der Waals surface area contributed by atoms with Gasteiger partial charge in [-0.2, -0.15) is 14.8 Å². The van der Waals surface area contributed by atoms with Crippen LogP contribution in [0.3, 0.4) is 0 Å². The van der Waals surface area contributed by atoms with Crippen molar-refractivity contribution in [1.29, 1.82) is 0 Å². The van der Waals surface area contributed by atoms with E-state index in [0.29, 0.717) is 0 Å². The van der Waals surface area contributed by atoms with E-state index in [1.165, 1.54) is 32.2 Å². The molecule has 0 aliphatic rings. The lowest BCUT2D eigenvalue weighted by molar-refractivity contribution is -0.629. The summed E-state index contributed by atoms with van der Waals surface area (Å²) in [6.45, 7) is 6.27. The van der Waals surface area contributed by atoms with Gasteiger partial charge in [-0.25, -0.2) is 4.98 Å². The minimum absolute atomic E-state index is 0.775. The van der Waals surface area contributed by atoms with Gasteiger partial charge in [-0.1, -0.05) is 29.5 Å². The van der Waals surface area contributed by atoms with E-state index in [1.54, 1.807) is 11.3 Å². The van der Waals surface area contributed by atoms with Crippen LogP contribution in [0.4, 0.5) is 22.7 Å². The molecule has 8 heteroatoms. The number of azo groups is 1. The SMILES string of the molecule is CCN(CC)c1ccc2nc3ccc(N=Nc4ccc5c(c4)sc(-c4ccc(N(C)C)cc4)[n+]5C)cc3[n+](-c3ccccc3)c2c1. The van der Waals surface area contributed by atoms with Gasteiger partial charge >= 0.3 is 0 Å². The molecule has 7 aromatic rings. The van der Waals surface area contributed by atoms with Crippen LogP contribution in [0.15, 0.2) is 119 Å². The lowest BCUT2D eigenvalue weighted by Crippen LogP contribution is -2.33. The number of aromatic nitrogens is 3. The fraction of sp³-hybridized carbons (Fsp3) is 0.184. The van der Waals surface area contributed by atoms with Crippen molar-refractivity contribution in [1.82, 2.24) is 4.98 Å². The van der Waals surface area contributed by atoms with Crippen LogP contribution in [-0.2, 0) is 7.05 Å². The Morgan fingerprint density at radius 1 is 0.674 bits per heavy atom. The number of fused-ring (bicyclic) bond motifs is 3. The molecule has 2 heterocycles. The summed E-state index contributed by atoms with van der Waals surface area (Å²) in [6, 6.07) is 38.1. The number of thiazole rings is 1. The van der Waals surface area contributed by atoms with Gasteiger partial charge in [-0.15, -0.1) is 4.57 Å². The highest BCUT2D eigenvalue weighted by atomic mass is 32.1. The second-order valence-electron chi connectivity index (χ2n) is 11.6. The van der Waals surface area contributed by atoms with Crippen molar-refractivity contribution in [3.05, 3.63) is 109 Å². The summed E-state index contributed by atoms with van der Waals surface area (Å²) in [5, 5.41) is 10.6. The normalized spacial score (nSPS) is 11.7. The first-order valence-electron chi connectivity index (χ1n) is 15.7. The molecule has 0 atom stereocenters. The Hall–Kier alpha value is -5.21. The number of hydrogen-bond donors (Lipinski definition) is 0. The summed E-state index contributed by atoms with van der Waals surface area (Å²) in [4.78, 5) is 9.52.